The lowest BCUT2D eigenvalue weighted by molar-refractivity contribution is -0.0698. The van der Waals surface area contributed by atoms with E-state index in [9.17, 15) is 0 Å². The molecular weight excluding hydrogens is 206 g/mol. The van der Waals surface area contributed by atoms with Crippen molar-refractivity contribution in [3.8, 4) is 0 Å². The van der Waals surface area contributed by atoms with Gasteiger partial charge in [0, 0.05) is 12.6 Å². The Balaban J connectivity index is 1.70. The van der Waals surface area contributed by atoms with Crippen molar-refractivity contribution >= 4 is 0 Å². The molecule has 1 unspecified atom stereocenters. The van der Waals surface area contributed by atoms with Crippen LogP contribution in [0.2, 0.25) is 0 Å². The fourth-order valence-electron chi connectivity index (χ4n) is 5.25. The minimum Gasteiger partial charge on any atom is -0.310 e. The molecule has 96 valence electrons. The SMILES string of the molecule is C=C(C)CNC(C)C12CC3CC(CC(C3)C1)C2. The second-order valence-electron chi connectivity index (χ2n) is 7.34. The van der Waals surface area contributed by atoms with Gasteiger partial charge in [0.2, 0.25) is 0 Å². The molecule has 4 rings (SSSR count). The summed E-state index contributed by atoms with van der Waals surface area (Å²) in [6.45, 7) is 9.56. The van der Waals surface area contributed by atoms with Crippen LogP contribution in [0.3, 0.4) is 0 Å². The normalized spacial score (nSPS) is 44.9. The monoisotopic (exact) mass is 233 g/mol. The fourth-order valence-corrected chi connectivity index (χ4v) is 5.25. The first-order chi connectivity index (χ1) is 8.07. The molecule has 17 heavy (non-hydrogen) atoms. The van der Waals surface area contributed by atoms with Crippen molar-refractivity contribution in [3.05, 3.63) is 12.2 Å². The highest BCUT2D eigenvalue weighted by Crippen LogP contribution is 2.61. The first-order valence-corrected chi connectivity index (χ1v) is 7.45. The zero-order valence-corrected chi connectivity index (χ0v) is 11.5. The van der Waals surface area contributed by atoms with E-state index >= 15 is 0 Å². The Hall–Kier alpha value is -0.300. The van der Waals surface area contributed by atoms with E-state index in [0.717, 1.165) is 24.3 Å². The van der Waals surface area contributed by atoms with Gasteiger partial charge >= 0.3 is 0 Å². The van der Waals surface area contributed by atoms with E-state index in [1.165, 1.54) is 24.8 Å². The molecule has 1 N–H and O–H groups in total. The van der Waals surface area contributed by atoms with Crippen molar-refractivity contribution in [1.82, 2.24) is 5.32 Å². The summed E-state index contributed by atoms with van der Waals surface area (Å²) in [5.74, 6) is 3.20. The summed E-state index contributed by atoms with van der Waals surface area (Å²) >= 11 is 0. The summed E-state index contributed by atoms with van der Waals surface area (Å²) in [6.07, 6.45) is 9.15. The standard InChI is InChI=1S/C16H27N/c1-11(2)10-17-12(3)16-7-13-4-14(8-16)6-15(5-13)9-16/h12-15,17H,1,4-10H2,2-3H3. The smallest absolute Gasteiger partial charge is 0.0161 e. The van der Waals surface area contributed by atoms with Crippen LogP contribution < -0.4 is 5.32 Å². The predicted octanol–water partition coefficient (Wildman–Crippen LogP) is 3.76. The zero-order valence-electron chi connectivity index (χ0n) is 11.5. The zero-order chi connectivity index (χ0) is 12.0. The Bertz CT molecular complexity index is 282. The molecular formula is C16H27N. The van der Waals surface area contributed by atoms with Gasteiger partial charge in [-0.2, -0.15) is 0 Å². The maximum atomic E-state index is 4.01. The molecule has 0 saturated heterocycles. The van der Waals surface area contributed by atoms with Gasteiger partial charge in [-0.15, -0.1) is 0 Å². The van der Waals surface area contributed by atoms with Crippen LogP contribution in [0.5, 0.6) is 0 Å². The van der Waals surface area contributed by atoms with E-state index in [0.29, 0.717) is 11.5 Å². The Morgan fingerprint density at radius 1 is 1.18 bits per heavy atom. The minimum atomic E-state index is 0.643. The van der Waals surface area contributed by atoms with Crippen LogP contribution in [-0.2, 0) is 0 Å². The highest BCUT2D eigenvalue weighted by Gasteiger charge is 2.52. The van der Waals surface area contributed by atoms with Crippen molar-refractivity contribution in [2.24, 2.45) is 23.2 Å². The van der Waals surface area contributed by atoms with Gasteiger partial charge in [-0.05, 0) is 75.5 Å². The summed E-state index contributed by atoms with van der Waals surface area (Å²) in [4.78, 5) is 0. The molecule has 0 aromatic rings. The summed E-state index contributed by atoms with van der Waals surface area (Å²) in [6, 6.07) is 0.688. The Morgan fingerprint density at radius 2 is 1.65 bits per heavy atom. The van der Waals surface area contributed by atoms with Gasteiger partial charge in [0.25, 0.3) is 0 Å². The van der Waals surface area contributed by atoms with Crippen molar-refractivity contribution in [2.45, 2.75) is 58.4 Å². The third kappa shape index (κ3) is 2.07. The number of hydrogen-bond acceptors (Lipinski definition) is 1. The molecule has 0 amide bonds. The maximum absolute atomic E-state index is 4.01. The quantitative estimate of drug-likeness (QED) is 0.729. The lowest BCUT2D eigenvalue weighted by Crippen LogP contribution is -2.55. The van der Waals surface area contributed by atoms with E-state index in [1.807, 2.05) is 0 Å². The summed E-state index contributed by atoms with van der Waals surface area (Å²) in [5, 5.41) is 3.74. The third-order valence-electron chi connectivity index (χ3n) is 5.71. The molecule has 0 spiro atoms. The average Bonchev–Trinajstić information content (AvgIpc) is 2.23. The van der Waals surface area contributed by atoms with Crippen molar-refractivity contribution in [1.29, 1.82) is 0 Å². The number of hydrogen-bond donors (Lipinski definition) is 1. The molecule has 4 saturated carbocycles. The highest BCUT2D eigenvalue weighted by molar-refractivity contribution is 5.06. The fraction of sp³-hybridized carbons (Fsp3) is 0.875. The molecule has 0 heterocycles. The second-order valence-corrected chi connectivity index (χ2v) is 7.34. The van der Waals surface area contributed by atoms with Gasteiger partial charge in [0.1, 0.15) is 0 Å². The molecule has 1 nitrogen and oxygen atoms in total. The van der Waals surface area contributed by atoms with E-state index in [2.05, 4.69) is 25.7 Å². The molecule has 0 aliphatic heterocycles. The van der Waals surface area contributed by atoms with Crippen LogP contribution in [0.15, 0.2) is 12.2 Å². The van der Waals surface area contributed by atoms with Gasteiger partial charge in [0.15, 0.2) is 0 Å². The van der Waals surface area contributed by atoms with Gasteiger partial charge in [-0.3, -0.25) is 0 Å². The summed E-state index contributed by atoms with van der Waals surface area (Å²) < 4.78 is 0. The molecule has 0 radical (unpaired) electrons. The molecule has 0 aromatic heterocycles. The van der Waals surface area contributed by atoms with Crippen LogP contribution in [0.25, 0.3) is 0 Å². The molecule has 4 fully saturated rings. The first-order valence-electron chi connectivity index (χ1n) is 7.45. The molecule has 4 aliphatic rings. The molecule has 0 aromatic carbocycles. The van der Waals surface area contributed by atoms with Gasteiger partial charge in [0.05, 0.1) is 0 Å². The minimum absolute atomic E-state index is 0.643. The van der Waals surface area contributed by atoms with Crippen molar-refractivity contribution in [3.63, 3.8) is 0 Å². The van der Waals surface area contributed by atoms with Crippen LogP contribution in [0.1, 0.15) is 52.4 Å². The van der Waals surface area contributed by atoms with E-state index in [1.54, 1.807) is 19.3 Å². The topological polar surface area (TPSA) is 12.0 Å². The van der Waals surface area contributed by atoms with Crippen LogP contribution in [0, 0.1) is 23.2 Å². The van der Waals surface area contributed by atoms with Crippen LogP contribution in [-0.4, -0.2) is 12.6 Å². The van der Waals surface area contributed by atoms with Crippen LogP contribution >= 0.6 is 0 Å². The molecule has 1 heteroatoms. The molecule has 4 aliphatic carbocycles. The van der Waals surface area contributed by atoms with Gasteiger partial charge in [-0.1, -0.05) is 12.2 Å². The van der Waals surface area contributed by atoms with E-state index in [-0.39, 0.29) is 0 Å². The van der Waals surface area contributed by atoms with E-state index < -0.39 is 0 Å². The van der Waals surface area contributed by atoms with Gasteiger partial charge in [-0.25, -0.2) is 0 Å². The lowest BCUT2D eigenvalue weighted by atomic mass is 9.48. The number of rotatable bonds is 4. The lowest BCUT2D eigenvalue weighted by Gasteiger charge is -2.59. The summed E-state index contributed by atoms with van der Waals surface area (Å²) in [7, 11) is 0. The highest BCUT2D eigenvalue weighted by atomic mass is 14.9. The summed E-state index contributed by atoms with van der Waals surface area (Å²) in [5.41, 5.74) is 1.91. The third-order valence-corrected chi connectivity index (χ3v) is 5.71. The Labute approximate surface area is 106 Å². The molecule has 4 bridgehead atoms. The molecule has 1 atom stereocenters. The van der Waals surface area contributed by atoms with Gasteiger partial charge < -0.3 is 5.32 Å². The Kier molecular flexibility index (Phi) is 2.85. The first kappa shape index (κ1) is 11.8. The second kappa shape index (κ2) is 4.12. The van der Waals surface area contributed by atoms with Crippen molar-refractivity contribution < 1.29 is 0 Å². The largest absolute Gasteiger partial charge is 0.310 e. The van der Waals surface area contributed by atoms with Crippen molar-refractivity contribution in [2.75, 3.05) is 6.54 Å². The predicted molar refractivity (Wildman–Crippen MR) is 72.9 cm³/mol. The number of nitrogens with one attached hydrogen (secondary N) is 1. The van der Waals surface area contributed by atoms with Crippen LogP contribution in [0.4, 0.5) is 0 Å². The average molecular weight is 233 g/mol. The Morgan fingerprint density at radius 3 is 2.06 bits per heavy atom. The maximum Gasteiger partial charge on any atom is 0.0161 e. The van der Waals surface area contributed by atoms with E-state index in [4.69, 9.17) is 0 Å².